The third kappa shape index (κ3) is 6.12. The van der Waals surface area contributed by atoms with E-state index in [1.165, 1.54) is 0 Å². The van der Waals surface area contributed by atoms with Crippen molar-refractivity contribution in [3.8, 4) is 11.5 Å². The van der Waals surface area contributed by atoms with Gasteiger partial charge in [0.15, 0.2) is 0 Å². The highest BCUT2D eigenvalue weighted by Gasteiger charge is 2.31. The van der Waals surface area contributed by atoms with Crippen molar-refractivity contribution in [2.24, 2.45) is 0 Å². The Bertz CT molecular complexity index is 896. The molecule has 0 radical (unpaired) electrons. The topological polar surface area (TPSA) is 84.9 Å². The highest BCUT2D eigenvalue weighted by Crippen LogP contribution is 2.26. The van der Waals surface area contributed by atoms with E-state index >= 15 is 0 Å². The monoisotopic (exact) mass is 420 g/mol. The second kappa shape index (κ2) is 10.2. The fraction of sp³-hybridized carbons (Fsp3) is 0.381. The molecule has 2 aromatic carbocycles. The van der Waals surface area contributed by atoms with E-state index in [0.29, 0.717) is 42.5 Å². The second-order valence-corrected chi connectivity index (χ2v) is 8.22. The molecule has 1 unspecified atom stereocenters. The van der Waals surface area contributed by atoms with Crippen LogP contribution in [0, 0.1) is 0 Å². The maximum absolute atomic E-state index is 12.9. The van der Waals surface area contributed by atoms with E-state index < -0.39 is 22.0 Å². The summed E-state index contributed by atoms with van der Waals surface area (Å²) in [5.74, 6) is 0.928. The molecule has 0 fully saturated rings. The molecule has 158 valence electrons. The fourth-order valence-corrected chi connectivity index (χ4v) is 4.15. The summed E-state index contributed by atoms with van der Waals surface area (Å²) in [5.41, 5.74) is 0.974. The number of amides is 1. The lowest BCUT2D eigenvalue weighted by Gasteiger charge is -2.30. The summed E-state index contributed by atoms with van der Waals surface area (Å²) < 4.78 is 37.0. The van der Waals surface area contributed by atoms with Gasteiger partial charge in [0.2, 0.25) is 15.9 Å². The van der Waals surface area contributed by atoms with Crippen LogP contribution in [0.3, 0.4) is 0 Å². The predicted molar refractivity (Wildman–Crippen MR) is 115 cm³/mol. The van der Waals surface area contributed by atoms with Gasteiger partial charge in [-0.3, -0.25) is 9.10 Å². The van der Waals surface area contributed by atoms with E-state index in [-0.39, 0.29) is 0 Å². The van der Waals surface area contributed by atoms with Crippen molar-refractivity contribution in [2.75, 3.05) is 29.1 Å². The van der Waals surface area contributed by atoms with Crippen LogP contribution in [0.25, 0.3) is 0 Å². The minimum atomic E-state index is -3.69. The molecule has 0 spiro atoms. The van der Waals surface area contributed by atoms with Crippen LogP contribution in [0.1, 0.15) is 27.2 Å². The van der Waals surface area contributed by atoms with Crippen molar-refractivity contribution in [1.82, 2.24) is 0 Å². The highest BCUT2D eigenvalue weighted by atomic mass is 32.2. The van der Waals surface area contributed by atoms with Gasteiger partial charge in [0, 0.05) is 5.69 Å². The van der Waals surface area contributed by atoms with Crippen molar-refractivity contribution in [3.63, 3.8) is 0 Å². The Kier molecular flexibility index (Phi) is 7.90. The number of sulfonamides is 1. The second-order valence-electron chi connectivity index (χ2n) is 6.36. The molecule has 0 aliphatic heterocycles. The summed E-state index contributed by atoms with van der Waals surface area (Å²) in [6, 6.07) is 12.7. The van der Waals surface area contributed by atoms with Crippen LogP contribution in [0.2, 0.25) is 0 Å². The van der Waals surface area contributed by atoms with Gasteiger partial charge in [-0.25, -0.2) is 8.42 Å². The van der Waals surface area contributed by atoms with Gasteiger partial charge in [-0.05, 0) is 68.8 Å². The molecular formula is C21H28N2O5S. The molecule has 7 nitrogen and oxygen atoms in total. The van der Waals surface area contributed by atoms with Gasteiger partial charge in [-0.1, -0.05) is 6.92 Å². The standard InChI is InChI=1S/C21H28N2O5S/c1-5-20(21(24)22-16-8-12-18(13-9-16)27-6-2)23(29(4,25)26)17-10-14-19(15-11-17)28-7-3/h8-15,20H,5-7H2,1-4H3,(H,22,24). The van der Waals surface area contributed by atoms with Crippen LogP contribution in [-0.2, 0) is 14.8 Å². The molecule has 2 aromatic rings. The number of benzene rings is 2. The molecule has 8 heteroatoms. The zero-order valence-electron chi connectivity index (χ0n) is 17.2. The lowest BCUT2D eigenvalue weighted by molar-refractivity contribution is -0.117. The van der Waals surface area contributed by atoms with Crippen LogP contribution in [-0.4, -0.2) is 39.8 Å². The van der Waals surface area contributed by atoms with Crippen molar-refractivity contribution in [1.29, 1.82) is 0 Å². The van der Waals surface area contributed by atoms with Crippen molar-refractivity contribution < 1.29 is 22.7 Å². The quantitative estimate of drug-likeness (QED) is 0.634. The Labute approximate surface area is 172 Å². The molecule has 0 saturated carbocycles. The first-order valence-electron chi connectivity index (χ1n) is 9.56. The van der Waals surface area contributed by atoms with Crippen LogP contribution in [0.4, 0.5) is 11.4 Å². The molecule has 29 heavy (non-hydrogen) atoms. The van der Waals surface area contributed by atoms with Gasteiger partial charge in [-0.15, -0.1) is 0 Å². The lowest BCUT2D eigenvalue weighted by atomic mass is 10.1. The van der Waals surface area contributed by atoms with E-state index in [2.05, 4.69) is 5.32 Å². The predicted octanol–water partition coefficient (Wildman–Crippen LogP) is 3.67. The number of hydrogen-bond donors (Lipinski definition) is 1. The number of ether oxygens (including phenoxy) is 2. The Morgan fingerprint density at radius 3 is 1.83 bits per heavy atom. The van der Waals surface area contributed by atoms with Crippen molar-refractivity contribution in [2.45, 2.75) is 33.2 Å². The molecule has 0 saturated heterocycles. The fourth-order valence-electron chi connectivity index (χ4n) is 2.94. The van der Waals surface area contributed by atoms with Crippen LogP contribution < -0.4 is 19.1 Å². The Morgan fingerprint density at radius 1 is 0.931 bits per heavy atom. The van der Waals surface area contributed by atoms with E-state index in [9.17, 15) is 13.2 Å². The minimum absolute atomic E-state index is 0.309. The van der Waals surface area contributed by atoms with Crippen LogP contribution in [0.5, 0.6) is 11.5 Å². The Morgan fingerprint density at radius 2 is 1.41 bits per heavy atom. The molecule has 0 heterocycles. The zero-order chi connectivity index (χ0) is 21.4. The molecule has 2 rings (SSSR count). The van der Waals surface area contributed by atoms with Gasteiger partial charge in [0.25, 0.3) is 0 Å². The summed E-state index contributed by atoms with van der Waals surface area (Å²) in [5, 5.41) is 2.79. The molecule has 0 aliphatic rings. The van der Waals surface area contributed by atoms with E-state index in [1.54, 1.807) is 55.5 Å². The summed E-state index contributed by atoms with van der Waals surface area (Å²) in [7, 11) is -3.69. The van der Waals surface area contributed by atoms with E-state index in [4.69, 9.17) is 9.47 Å². The molecule has 1 amide bonds. The number of carbonyl (C=O) groups is 1. The average Bonchev–Trinajstić information content (AvgIpc) is 2.68. The molecule has 0 aliphatic carbocycles. The summed E-state index contributed by atoms with van der Waals surface area (Å²) >= 11 is 0. The van der Waals surface area contributed by atoms with Crippen molar-refractivity contribution in [3.05, 3.63) is 48.5 Å². The lowest BCUT2D eigenvalue weighted by Crippen LogP contribution is -2.46. The normalized spacial score (nSPS) is 12.1. The average molecular weight is 421 g/mol. The SMILES string of the molecule is CCOc1ccc(NC(=O)C(CC)N(c2ccc(OCC)cc2)S(C)(=O)=O)cc1. The van der Waals surface area contributed by atoms with Gasteiger partial charge in [0.05, 0.1) is 25.2 Å². The summed E-state index contributed by atoms with van der Waals surface area (Å²) in [6.07, 6.45) is 1.40. The Hall–Kier alpha value is -2.74. The molecular weight excluding hydrogens is 392 g/mol. The van der Waals surface area contributed by atoms with Gasteiger partial charge in [-0.2, -0.15) is 0 Å². The van der Waals surface area contributed by atoms with Gasteiger partial charge < -0.3 is 14.8 Å². The maximum atomic E-state index is 12.9. The number of anilines is 2. The summed E-state index contributed by atoms with van der Waals surface area (Å²) in [4.78, 5) is 12.9. The minimum Gasteiger partial charge on any atom is -0.494 e. The third-order valence-electron chi connectivity index (χ3n) is 4.16. The number of hydrogen-bond acceptors (Lipinski definition) is 5. The maximum Gasteiger partial charge on any atom is 0.248 e. The number of carbonyl (C=O) groups excluding carboxylic acids is 1. The zero-order valence-corrected chi connectivity index (χ0v) is 18.0. The smallest absolute Gasteiger partial charge is 0.248 e. The molecule has 1 N–H and O–H groups in total. The highest BCUT2D eigenvalue weighted by molar-refractivity contribution is 7.92. The molecule has 0 bridgehead atoms. The van der Waals surface area contributed by atoms with E-state index in [1.807, 2.05) is 13.8 Å². The van der Waals surface area contributed by atoms with Crippen LogP contribution >= 0.6 is 0 Å². The first-order chi connectivity index (χ1) is 13.8. The number of nitrogens with zero attached hydrogens (tertiary/aromatic N) is 1. The molecule has 0 aromatic heterocycles. The van der Waals surface area contributed by atoms with Gasteiger partial charge in [0.1, 0.15) is 17.5 Å². The number of nitrogens with one attached hydrogen (secondary N) is 1. The first kappa shape index (κ1) is 22.5. The first-order valence-corrected chi connectivity index (χ1v) is 11.4. The largest absolute Gasteiger partial charge is 0.494 e. The summed E-state index contributed by atoms with van der Waals surface area (Å²) in [6.45, 7) is 6.60. The van der Waals surface area contributed by atoms with Gasteiger partial charge >= 0.3 is 0 Å². The van der Waals surface area contributed by atoms with E-state index in [0.717, 1.165) is 10.6 Å². The third-order valence-corrected chi connectivity index (χ3v) is 5.34. The van der Waals surface area contributed by atoms with Crippen molar-refractivity contribution >= 4 is 27.3 Å². The number of rotatable bonds is 10. The molecule has 1 atom stereocenters. The Balaban J connectivity index is 2.26. The van der Waals surface area contributed by atoms with Crippen LogP contribution in [0.15, 0.2) is 48.5 Å².